The molecule has 0 saturated carbocycles. The van der Waals surface area contributed by atoms with Crippen LogP contribution in [0.2, 0.25) is 0 Å². The van der Waals surface area contributed by atoms with Gasteiger partial charge in [-0.1, -0.05) is 18.2 Å². The van der Waals surface area contributed by atoms with E-state index < -0.39 is 0 Å². The number of hydrogen-bond donors (Lipinski definition) is 1. The Morgan fingerprint density at radius 1 is 1.20 bits per heavy atom. The van der Waals surface area contributed by atoms with Crippen LogP contribution in [0.3, 0.4) is 0 Å². The summed E-state index contributed by atoms with van der Waals surface area (Å²) in [6.45, 7) is 4.04. The first kappa shape index (κ1) is 11.9. The van der Waals surface area contributed by atoms with E-state index in [0.29, 0.717) is 6.04 Å². The number of para-hydroxylation sites is 1. The number of rotatable bonds is 1. The van der Waals surface area contributed by atoms with Gasteiger partial charge in [0, 0.05) is 31.4 Å². The first-order valence-corrected chi connectivity index (χ1v) is 7.33. The van der Waals surface area contributed by atoms with Crippen molar-refractivity contribution in [1.29, 1.82) is 0 Å². The highest BCUT2D eigenvalue weighted by atomic mass is 15.3. The smallest absolute Gasteiger partial charge is 0.147 e. The zero-order valence-corrected chi connectivity index (χ0v) is 11.5. The Kier molecular flexibility index (Phi) is 2.92. The molecule has 5 heteroatoms. The topological polar surface area (TPSA) is 46.0 Å². The van der Waals surface area contributed by atoms with Gasteiger partial charge in [0.1, 0.15) is 12.2 Å². The molecule has 0 amide bonds. The summed E-state index contributed by atoms with van der Waals surface area (Å²) in [7, 11) is 0. The van der Waals surface area contributed by atoms with Gasteiger partial charge >= 0.3 is 0 Å². The third-order valence-electron chi connectivity index (χ3n) is 4.48. The summed E-state index contributed by atoms with van der Waals surface area (Å²) in [4.78, 5) is 2.54. The predicted molar refractivity (Wildman–Crippen MR) is 77.5 cm³/mol. The van der Waals surface area contributed by atoms with E-state index in [9.17, 15) is 0 Å². The van der Waals surface area contributed by atoms with Gasteiger partial charge in [-0.25, -0.2) is 0 Å². The average molecular weight is 269 g/mol. The predicted octanol–water partition coefficient (Wildman–Crippen LogP) is 1.52. The molecule has 5 nitrogen and oxygen atoms in total. The van der Waals surface area contributed by atoms with E-state index in [4.69, 9.17) is 0 Å². The third kappa shape index (κ3) is 2.08. The van der Waals surface area contributed by atoms with Crippen LogP contribution in [0.25, 0.3) is 0 Å². The number of nitrogens with one attached hydrogen (secondary N) is 1. The molecule has 0 spiro atoms. The van der Waals surface area contributed by atoms with Gasteiger partial charge in [0.05, 0.1) is 6.54 Å². The van der Waals surface area contributed by atoms with Crippen molar-refractivity contribution >= 4 is 5.69 Å². The van der Waals surface area contributed by atoms with Gasteiger partial charge in [-0.05, 0) is 24.5 Å². The van der Waals surface area contributed by atoms with E-state index in [1.54, 1.807) is 0 Å². The Morgan fingerprint density at radius 2 is 2.15 bits per heavy atom. The van der Waals surface area contributed by atoms with Gasteiger partial charge < -0.3 is 9.88 Å². The molecule has 1 N–H and O–H groups in total. The minimum atomic E-state index is 0.577. The standard InChI is InChI=1S/C15H19N5/c1-2-4-14-12(3-1)5-6-13(9-16-14)19-7-8-20-11-17-18-15(20)10-19/h1-4,11,13,16H,5-10H2. The molecule has 20 heavy (non-hydrogen) atoms. The van der Waals surface area contributed by atoms with Crippen LogP contribution in [-0.2, 0) is 19.5 Å². The molecule has 2 aliphatic rings. The quantitative estimate of drug-likeness (QED) is 0.852. The lowest BCUT2D eigenvalue weighted by atomic mass is 10.0. The lowest BCUT2D eigenvalue weighted by Crippen LogP contribution is -2.44. The SMILES string of the molecule is c1ccc2c(c1)CCC(N1CCn3cnnc3C1)CN2. The van der Waals surface area contributed by atoms with Crippen LogP contribution in [-0.4, -0.2) is 38.8 Å². The summed E-state index contributed by atoms with van der Waals surface area (Å²) in [6, 6.07) is 9.23. The van der Waals surface area contributed by atoms with Crippen LogP contribution < -0.4 is 5.32 Å². The lowest BCUT2D eigenvalue weighted by molar-refractivity contribution is 0.152. The second-order valence-electron chi connectivity index (χ2n) is 5.64. The van der Waals surface area contributed by atoms with Gasteiger partial charge in [-0.2, -0.15) is 0 Å². The number of aromatic nitrogens is 3. The number of hydrogen-bond acceptors (Lipinski definition) is 4. The highest BCUT2D eigenvalue weighted by Crippen LogP contribution is 2.24. The fraction of sp³-hybridized carbons (Fsp3) is 0.467. The Labute approximate surface area is 118 Å². The monoisotopic (exact) mass is 269 g/mol. The molecule has 0 aliphatic carbocycles. The molecule has 1 aromatic carbocycles. The van der Waals surface area contributed by atoms with E-state index in [1.807, 2.05) is 6.33 Å². The van der Waals surface area contributed by atoms with Crippen molar-refractivity contribution < 1.29 is 0 Å². The summed E-state index contributed by atoms with van der Waals surface area (Å²) in [5.74, 6) is 1.10. The summed E-state index contributed by atoms with van der Waals surface area (Å²) < 4.78 is 2.16. The number of benzene rings is 1. The van der Waals surface area contributed by atoms with Gasteiger partial charge in [-0.15, -0.1) is 10.2 Å². The van der Waals surface area contributed by atoms with E-state index in [0.717, 1.165) is 38.4 Å². The first-order valence-electron chi connectivity index (χ1n) is 7.33. The fourth-order valence-electron chi connectivity index (χ4n) is 3.27. The maximum absolute atomic E-state index is 4.22. The minimum absolute atomic E-state index is 0.577. The molecule has 0 fully saturated rings. The minimum Gasteiger partial charge on any atom is -0.383 e. The maximum Gasteiger partial charge on any atom is 0.147 e. The Balaban J connectivity index is 1.49. The Bertz CT molecular complexity index is 579. The number of anilines is 1. The van der Waals surface area contributed by atoms with Gasteiger partial charge in [0.25, 0.3) is 0 Å². The van der Waals surface area contributed by atoms with Crippen molar-refractivity contribution in [1.82, 2.24) is 19.7 Å². The molecule has 0 bridgehead atoms. The fourth-order valence-corrected chi connectivity index (χ4v) is 3.27. The molecule has 1 unspecified atom stereocenters. The summed E-state index contributed by atoms with van der Waals surface area (Å²) >= 11 is 0. The van der Waals surface area contributed by atoms with E-state index in [-0.39, 0.29) is 0 Å². The van der Waals surface area contributed by atoms with Gasteiger partial charge in [-0.3, -0.25) is 4.90 Å². The number of aryl methyl sites for hydroxylation is 1. The molecule has 1 atom stereocenters. The zero-order chi connectivity index (χ0) is 13.4. The molecule has 2 aromatic rings. The second kappa shape index (κ2) is 4.90. The maximum atomic E-state index is 4.22. The van der Waals surface area contributed by atoms with Crippen LogP contribution in [0.1, 0.15) is 17.8 Å². The number of nitrogens with zero attached hydrogens (tertiary/aromatic N) is 4. The molecule has 1 aromatic heterocycles. The summed E-state index contributed by atoms with van der Waals surface area (Å²) in [6.07, 6.45) is 4.20. The van der Waals surface area contributed by atoms with Crippen LogP contribution in [0.4, 0.5) is 5.69 Å². The van der Waals surface area contributed by atoms with E-state index in [2.05, 4.69) is 49.2 Å². The van der Waals surface area contributed by atoms with Crippen molar-refractivity contribution in [2.75, 3.05) is 18.4 Å². The van der Waals surface area contributed by atoms with Crippen molar-refractivity contribution in [3.63, 3.8) is 0 Å². The van der Waals surface area contributed by atoms with Crippen LogP contribution in [0, 0.1) is 0 Å². The second-order valence-corrected chi connectivity index (χ2v) is 5.64. The molecule has 2 aliphatic heterocycles. The third-order valence-corrected chi connectivity index (χ3v) is 4.48. The molecule has 3 heterocycles. The van der Waals surface area contributed by atoms with Gasteiger partial charge in [0.15, 0.2) is 0 Å². The molecular weight excluding hydrogens is 250 g/mol. The Morgan fingerprint density at radius 3 is 3.15 bits per heavy atom. The van der Waals surface area contributed by atoms with Crippen molar-refractivity contribution in [2.45, 2.75) is 32.0 Å². The molecular formula is C15H19N5. The average Bonchev–Trinajstić information content (AvgIpc) is 2.85. The summed E-state index contributed by atoms with van der Waals surface area (Å²) in [5, 5.41) is 11.8. The molecule has 104 valence electrons. The largest absolute Gasteiger partial charge is 0.383 e. The van der Waals surface area contributed by atoms with Crippen molar-refractivity contribution in [2.24, 2.45) is 0 Å². The highest BCUT2D eigenvalue weighted by Gasteiger charge is 2.26. The molecule has 0 saturated heterocycles. The number of fused-ring (bicyclic) bond motifs is 2. The van der Waals surface area contributed by atoms with E-state index >= 15 is 0 Å². The normalized spacial score (nSPS) is 22.5. The van der Waals surface area contributed by atoms with Crippen LogP contribution >= 0.6 is 0 Å². The first-order chi connectivity index (χ1) is 9.90. The lowest BCUT2D eigenvalue weighted by Gasteiger charge is -2.33. The Hall–Kier alpha value is -1.88. The van der Waals surface area contributed by atoms with Crippen LogP contribution in [0.15, 0.2) is 30.6 Å². The van der Waals surface area contributed by atoms with Gasteiger partial charge in [0.2, 0.25) is 0 Å². The van der Waals surface area contributed by atoms with Crippen molar-refractivity contribution in [3.8, 4) is 0 Å². The van der Waals surface area contributed by atoms with Crippen LogP contribution in [0.5, 0.6) is 0 Å². The molecule has 4 rings (SSSR count). The van der Waals surface area contributed by atoms with Crippen molar-refractivity contribution in [3.05, 3.63) is 42.0 Å². The zero-order valence-electron chi connectivity index (χ0n) is 11.5. The van der Waals surface area contributed by atoms with E-state index in [1.165, 1.54) is 17.7 Å². The highest BCUT2D eigenvalue weighted by molar-refractivity contribution is 5.52. The summed E-state index contributed by atoms with van der Waals surface area (Å²) in [5.41, 5.74) is 2.74. The molecule has 0 radical (unpaired) electrons.